The fourth-order valence-corrected chi connectivity index (χ4v) is 12.6. The Bertz CT molecular complexity index is 3050. The van der Waals surface area contributed by atoms with Crippen LogP contribution >= 0.6 is 23.5 Å². The Hall–Kier alpha value is -6.03. The molecule has 9 rings (SSSR count). The van der Waals surface area contributed by atoms with E-state index in [1.54, 1.807) is 146 Å². The van der Waals surface area contributed by atoms with Gasteiger partial charge in [-0.15, -0.1) is 0 Å². The maximum atomic E-state index is 15.9. The van der Waals surface area contributed by atoms with Crippen molar-refractivity contribution >= 4 is 23.5 Å². The van der Waals surface area contributed by atoms with E-state index in [1.165, 1.54) is 0 Å². The second kappa shape index (κ2) is 29.6. The number of benzene rings is 8. The number of hydrogen-bond acceptors (Lipinski definition) is 15. The molecule has 0 bridgehead atoms. The third-order valence-corrected chi connectivity index (χ3v) is 16.9. The van der Waals surface area contributed by atoms with Crippen LogP contribution in [0.5, 0.6) is 0 Å². The van der Waals surface area contributed by atoms with Crippen LogP contribution in [0, 0.1) is 0 Å². The van der Waals surface area contributed by atoms with Gasteiger partial charge >= 0.3 is 23.5 Å². The van der Waals surface area contributed by atoms with Crippen molar-refractivity contribution in [3.05, 3.63) is 287 Å². The Morgan fingerprint density at radius 1 is 0.250 bits per heavy atom. The largest absolute Gasteiger partial charge is 0.475 e. The minimum absolute atomic E-state index is 0.114. The van der Waals surface area contributed by atoms with E-state index in [2.05, 4.69) is 0 Å². The summed E-state index contributed by atoms with van der Waals surface area (Å²) in [5.41, 5.74) is 5.05. The molecule has 1 aliphatic carbocycles. The SMILES string of the molecule is O=P(OCc1ccccc1)(OCc1ccccc1)O[C@@H]1[C@@H](OCc2ccccc2)[C@@H](OCc2ccccc2)[C@@H](O)[C@H](OP(=O)(OCc2ccccc2)OCc2ccccc2)[C@H]1OP(=O)(OCc1ccccc1)OCc1ccccc1. The molecule has 6 atom stereocenters. The molecule has 1 N–H and O–H groups in total. The molecule has 0 saturated heterocycles. The Kier molecular flexibility index (Phi) is 21.7. The third kappa shape index (κ3) is 17.7. The topological polar surface area (TPSA) is 173 Å². The van der Waals surface area contributed by atoms with E-state index in [0.717, 1.165) is 0 Å². The van der Waals surface area contributed by atoms with Crippen LogP contribution in [0.15, 0.2) is 243 Å². The molecule has 80 heavy (non-hydrogen) atoms. The van der Waals surface area contributed by atoms with Gasteiger partial charge in [0.1, 0.15) is 36.6 Å². The zero-order chi connectivity index (χ0) is 55.3. The van der Waals surface area contributed by atoms with Crippen LogP contribution in [0.3, 0.4) is 0 Å². The van der Waals surface area contributed by atoms with Crippen LogP contribution in [0.2, 0.25) is 0 Å². The van der Waals surface area contributed by atoms with Crippen molar-refractivity contribution in [2.45, 2.75) is 89.5 Å². The number of ether oxygens (including phenoxy) is 2. The van der Waals surface area contributed by atoms with Crippen molar-refractivity contribution in [1.29, 1.82) is 0 Å². The standard InChI is InChI=1S/C62H63O15P3/c63-57-58(67-41-49-25-9-1-10-26-49)60(68-42-50-27-11-2-12-28-50)62(77-80(66,73-47-55-37-21-7-22-38-55)74-48-56-39-23-8-24-40-56)61(76-79(65,71-45-53-33-17-5-18-34-53)72-46-54-35-19-6-20-36-54)59(57)75-78(64,69-43-51-29-13-3-14-30-51)70-44-52-31-15-4-16-32-52/h1-40,57-63H,41-48H2/t57-,58+,59+,60+,61-,62-/m1/s1. The van der Waals surface area contributed by atoms with Crippen molar-refractivity contribution in [3.8, 4) is 0 Å². The summed E-state index contributed by atoms with van der Waals surface area (Å²) in [6, 6.07) is 72.0. The van der Waals surface area contributed by atoms with Gasteiger partial charge in [0.05, 0.1) is 52.9 Å². The lowest BCUT2D eigenvalue weighted by Crippen LogP contribution is -2.66. The summed E-state index contributed by atoms with van der Waals surface area (Å²) in [6.07, 6.45) is -10.8. The van der Waals surface area contributed by atoms with Gasteiger partial charge in [-0.3, -0.25) is 40.7 Å². The van der Waals surface area contributed by atoms with E-state index >= 15 is 13.7 Å². The number of hydrogen-bond donors (Lipinski definition) is 1. The molecule has 1 fully saturated rings. The first-order chi connectivity index (χ1) is 39.1. The lowest BCUT2D eigenvalue weighted by atomic mass is 9.84. The van der Waals surface area contributed by atoms with Crippen LogP contribution in [-0.4, -0.2) is 41.7 Å². The Morgan fingerprint density at radius 3 is 0.675 bits per heavy atom. The highest BCUT2D eigenvalue weighted by molar-refractivity contribution is 7.49. The first-order valence-corrected chi connectivity index (χ1v) is 30.4. The summed E-state index contributed by atoms with van der Waals surface area (Å²) in [4.78, 5) is 0. The zero-order valence-corrected chi connectivity index (χ0v) is 46.4. The van der Waals surface area contributed by atoms with Crippen LogP contribution in [0.25, 0.3) is 0 Å². The third-order valence-electron chi connectivity index (χ3n) is 12.7. The van der Waals surface area contributed by atoms with Gasteiger partial charge in [-0.1, -0.05) is 243 Å². The van der Waals surface area contributed by atoms with Gasteiger partial charge in [-0.25, -0.2) is 13.7 Å². The summed E-state index contributed by atoms with van der Waals surface area (Å²) in [7, 11) is -14.9. The van der Waals surface area contributed by atoms with Crippen molar-refractivity contribution in [1.82, 2.24) is 0 Å². The lowest BCUT2D eigenvalue weighted by molar-refractivity contribution is -0.244. The molecular weight excluding hydrogens is 1080 g/mol. The molecule has 8 aromatic carbocycles. The summed E-state index contributed by atoms with van der Waals surface area (Å²) in [5, 5.41) is 13.2. The molecule has 8 aromatic rings. The number of rotatable bonds is 30. The molecule has 416 valence electrons. The number of phosphoric acid groups is 3. The fourth-order valence-electron chi connectivity index (χ4n) is 8.52. The normalized spacial score (nSPS) is 18.7. The van der Waals surface area contributed by atoms with E-state index in [0.29, 0.717) is 44.5 Å². The van der Waals surface area contributed by atoms with Gasteiger partial charge in [-0.2, -0.15) is 0 Å². The lowest BCUT2D eigenvalue weighted by Gasteiger charge is -2.48. The van der Waals surface area contributed by atoms with Gasteiger partial charge in [0.2, 0.25) is 0 Å². The predicted octanol–water partition coefficient (Wildman–Crippen LogP) is 14.3. The van der Waals surface area contributed by atoms with E-state index in [-0.39, 0.29) is 52.9 Å². The minimum atomic E-state index is -5.00. The molecular formula is C62H63O15P3. The first kappa shape index (κ1) is 58.6. The maximum absolute atomic E-state index is 15.9. The second-order valence-corrected chi connectivity index (χ2v) is 23.5. The molecule has 1 saturated carbocycles. The fraction of sp³-hybridized carbons (Fsp3) is 0.226. The average Bonchev–Trinajstić information content (AvgIpc) is 3.54. The summed E-state index contributed by atoms with van der Waals surface area (Å²) in [6.45, 7) is -1.96. The van der Waals surface area contributed by atoms with Gasteiger partial charge < -0.3 is 14.6 Å². The highest BCUT2D eigenvalue weighted by Crippen LogP contribution is 2.61. The predicted molar refractivity (Wildman–Crippen MR) is 301 cm³/mol. The quantitative estimate of drug-likeness (QED) is 0.0421. The zero-order valence-electron chi connectivity index (χ0n) is 43.7. The van der Waals surface area contributed by atoms with Gasteiger partial charge in [0.25, 0.3) is 0 Å². The summed E-state index contributed by atoms with van der Waals surface area (Å²) >= 11 is 0. The molecule has 0 unspecified atom stereocenters. The highest BCUT2D eigenvalue weighted by Gasteiger charge is 2.60. The summed E-state index contributed by atoms with van der Waals surface area (Å²) < 4.78 is 119. The van der Waals surface area contributed by atoms with Crippen LogP contribution in [-0.2, 0) is 117 Å². The number of aliphatic hydroxyl groups excluding tert-OH is 1. The monoisotopic (exact) mass is 1140 g/mol. The molecule has 15 nitrogen and oxygen atoms in total. The second-order valence-electron chi connectivity index (χ2n) is 18.6. The first-order valence-electron chi connectivity index (χ1n) is 26.1. The van der Waals surface area contributed by atoms with Crippen molar-refractivity contribution in [2.24, 2.45) is 0 Å². The Labute approximate surface area is 467 Å². The molecule has 18 heteroatoms. The average molecular weight is 1140 g/mol. The van der Waals surface area contributed by atoms with Crippen molar-refractivity contribution in [2.75, 3.05) is 0 Å². The van der Waals surface area contributed by atoms with Crippen molar-refractivity contribution in [3.63, 3.8) is 0 Å². The molecule has 0 amide bonds. The highest BCUT2D eigenvalue weighted by atomic mass is 31.2. The van der Waals surface area contributed by atoms with Gasteiger partial charge in [0.15, 0.2) is 0 Å². The van der Waals surface area contributed by atoms with Gasteiger partial charge in [0, 0.05) is 0 Å². The van der Waals surface area contributed by atoms with Crippen LogP contribution in [0.4, 0.5) is 0 Å². The van der Waals surface area contributed by atoms with E-state index in [4.69, 9.17) is 50.2 Å². The van der Waals surface area contributed by atoms with E-state index < -0.39 is 60.1 Å². The van der Waals surface area contributed by atoms with Crippen LogP contribution in [0.1, 0.15) is 44.5 Å². The maximum Gasteiger partial charge on any atom is 0.475 e. The Balaban J connectivity index is 1.20. The Morgan fingerprint density at radius 2 is 0.438 bits per heavy atom. The smallest absolute Gasteiger partial charge is 0.387 e. The summed E-state index contributed by atoms with van der Waals surface area (Å²) in [5.74, 6) is 0. The van der Waals surface area contributed by atoms with Crippen molar-refractivity contribution < 1.29 is 69.0 Å². The van der Waals surface area contributed by atoms with E-state index in [9.17, 15) is 5.11 Å². The van der Waals surface area contributed by atoms with Crippen LogP contribution < -0.4 is 0 Å². The number of aliphatic hydroxyl groups is 1. The number of phosphoric ester groups is 3. The molecule has 0 radical (unpaired) electrons. The molecule has 0 aromatic heterocycles. The molecule has 1 aliphatic rings. The van der Waals surface area contributed by atoms with E-state index in [1.807, 2.05) is 97.1 Å². The minimum Gasteiger partial charge on any atom is -0.387 e. The van der Waals surface area contributed by atoms with Gasteiger partial charge in [-0.05, 0) is 44.5 Å². The molecule has 0 heterocycles. The molecule has 0 aliphatic heterocycles. The molecule has 0 spiro atoms.